The summed E-state index contributed by atoms with van der Waals surface area (Å²) >= 11 is 0. The Morgan fingerprint density at radius 1 is 1.06 bits per heavy atom. The van der Waals surface area contributed by atoms with Crippen molar-refractivity contribution in [1.82, 2.24) is 5.32 Å². The molecule has 3 rings (SSSR count). The maximum absolute atomic E-state index is 11.0. The summed E-state index contributed by atoms with van der Waals surface area (Å²) in [5, 5.41) is 2.79. The van der Waals surface area contributed by atoms with E-state index in [1.165, 1.54) is 5.56 Å². The topological polar surface area (TPSA) is 47.6 Å². The number of hydrogen-bond donors (Lipinski definition) is 1. The highest BCUT2D eigenvalue weighted by molar-refractivity contribution is 5.70. The Bertz CT molecular complexity index is 423. The van der Waals surface area contributed by atoms with E-state index in [2.05, 4.69) is 29.6 Å². The van der Waals surface area contributed by atoms with E-state index in [-0.39, 0.29) is 12.1 Å². The molecule has 0 saturated carbocycles. The van der Waals surface area contributed by atoms with Gasteiger partial charge in [0.25, 0.3) is 0 Å². The molecule has 0 bridgehead atoms. The van der Waals surface area contributed by atoms with E-state index in [4.69, 9.17) is 9.47 Å². The number of amides is 1. The van der Waals surface area contributed by atoms with Gasteiger partial charge in [-0.1, -0.05) is 24.3 Å². The first-order valence-electron chi connectivity index (χ1n) is 6.44. The highest BCUT2D eigenvalue weighted by atomic mass is 16.6. The third-order valence-electron chi connectivity index (χ3n) is 3.70. The van der Waals surface area contributed by atoms with Gasteiger partial charge < -0.3 is 14.8 Å². The second-order valence-electron chi connectivity index (χ2n) is 4.85. The predicted octanol–water partition coefficient (Wildman–Crippen LogP) is 2.36. The SMILES string of the molecule is O=C1NC(c2ccc(C3CCOCC3)cc2)CO1. The van der Waals surface area contributed by atoms with Crippen molar-refractivity contribution in [3.8, 4) is 0 Å². The van der Waals surface area contributed by atoms with Crippen molar-refractivity contribution in [2.45, 2.75) is 24.8 Å². The van der Waals surface area contributed by atoms with E-state index in [0.29, 0.717) is 12.5 Å². The molecule has 4 heteroatoms. The van der Waals surface area contributed by atoms with Crippen molar-refractivity contribution in [1.29, 1.82) is 0 Å². The molecule has 1 aromatic rings. The molecule has 1 amide bonds. The van der Waals surface area contributed by atoms with Crippen molar-refractivity contribution in [3.05, 3.63) is 35.4 Å². The largest absolute Gasteiger partial charge is 0.447 e. The molecule has 2 aliphatic heterocycles. The lowest BCUT2D eigenvalue weighted by Crippen LogP contribution is -2.18. The molecular weight excluding hydrogens is 230 g/mol. The van der Waals surface area contributed by atoms with Crippen LogP contribution in [-0.4, -0.2) is 25.9 Å². The van der Waals surface area contributed by atoms with Gasteiger partial charge >= 0.3 is 6.09 Å². The van der Waals surface area contributed by atoms with Crippen LogP contribution in [0.25, 0.3) is 0 Å². The maximum atomic E-state index is 11.0. The molecule has 2 aliphatic rings. The normalized spacial score (nSPS) is 24.7. The number of nitrogens with one attached hydrogen (secondary N) is 1. The summed E-state index contributed by atoms with van der Waals surface area (Å²) in [5.74, 6) is 0.613. The van der Waals surface area contributed by atoms with E-state index in [0.717, 1.165) is 31.6 Å². The molecule has 2 fully saturated rings. The monoisotopic (exact) mass is 247 g/mol. The van der Waals surface area contributed by atoms with E-state index >= 15 is 0 Å². The fraction of sp³-hybridized carbons (Fsp3) is 0.500. The quantitative estimate of drug-likeness (QED) is 0.872. The third kappa shape index (κ3) is 2.34. The summed E-state index contributed by atoms with van der Waals surface area (Å²) in [4.78, 5) is 11.0. The van der Waals surface area contributed by atoms with Gasteiger partial charge in [0.2, 0.25) is 0 Å². The Hall–Kier alpha value is -1.55. The zero-order chi connectivity index (χ0) is 12.4. The van der Waals surface area contributed by atoms with Crippen LogP contribution in [0.15, 0.2) is 24.3 Å². The summed E-state index contributed by atoms with van der Waals surface area (Å²) in [6.45, 7) is 2.15. The Morgan fingerprint density at radius 3 is 2.33 bits per heavy atom. The molecule has 0 aromatic heterocycles. The second kappa shape index (κ2) is 4.98. The van der Waals surface area contributed by atoms with Crippen LogP contribution in [0.1, 0.15) is 35.9 Å². The summed E-state index contributed by atoms with van der Waals surface area (Å²) in [7, 11) is 0. The van der Waals surface area contributed by atoms with Gasteiger partial charge in [0.1, 0.15) is 6.61 Å². The number of ether oxygens (including phenoxy) is 2. The predicted molar refractivity (Wildman–Crippen MR) is 66.5 cm³/mol. The number of rotatable bonds is 2. The molecule has 0 radical (unpaired) electrons. The fourth-order valence-corrected chi connectivity index (χ4v) is 2.60. The average molecular weight is 247 g/mol. The average Bonchev–Trinajstić information content (AvgIpc) is 2.87. The molecule has 0 aliphatic carbocycles. The molecule has 0 spiro atoms. The summed E-state index contributed by atoms with van der Waals surface area (Å²) in [5.41, 5.74) is 2.48. The first kappa shape index (κ1) is 11.5. The lowest BCUT2D eigenvalue weighted by Gasteiger charge is -2.22. The fourth-order valence-electron chi connectivity index (χ4n) is 2.60. The zero-order valence-electron chi connectivity index (χ0n) is 10.2. The number of carbonyl (C=O) groups is 1. The Labute approximate surface area is 106 Å². The van der Waals surface area contributed by atoms with Crippen LogP contribution < -0.4 is 5.32 Å². The van der Waals surface area contributed by atoms with Gasteiger partial charge in [-0.2, -0.15) is 0 Å². The molecule has 1 aromatic carbocycles. The van der Waals surface area contributed by atoms with Crippen molar-refractivity contribution >= 4 is 6.09 Å². The summed E-state index contributed by atoms with van der Waals surface area (Å²) in [6, 6.07) is 8.50. The minimum absolute atomic E-state index is 0.00115. The molecule has 1 atom stereocenters. The highest BCUT2D eigenvalue weighted by Crippen LogP contribution is 2.28. The molecule has 2 saturated heterocycles. The van der Waals surface area contributed by atoms with Crippen LogP contribution in [0.5, 0.6) is 0 Å². The Balaban J connectivity index is 1.70. The van der Waals surface area contributed by atoms with Crippen LogP contribution in [0.2, 0.25) is 0 Å². The molecular formula is C14H17NO3. The van der Waals surface area contributed by atoms with Crippen LogP contribution in [-0.2, 0) is 9.47 Å². The minimum atomic E-state index is -0.325. The lowest BCUT2D eigenvalue weighted by atomic mass is 9.90. The van der Waals surface area contributed by atoms with E-state index in [9.17, 15) is 4.79 Å². The van der Waals surface area contributed by atoms with Gasteiger partial charge in [-0.3, -0.25) is 0 Å². The summed E-state index contributed by atoms with van der Waals surface area (Å²) in [6.07, 6.45) is 1.87. The third-order valence-corrected chi connectivity index (χ3v) is 3.70. The molecule has 96 valence electrons. The molecule has 2 heterocycles. The van der Waals surface area contributed by atoms with Gasteiger partial charge in [0.15, 0.2) is 0 Å². The smallest absolute Gasteiger partial charge is 0.407 e. The first-order chi connectivity index (χ1) is 8.83. The van der Waals surface area contributed by atoms with Gasteiger partial charge in [-0.15, -0.1) is 0 Å². The van der Waals surface area contributed by atoms with Crippen LogP contribution >= 0.6 is 0 Å². The Morgan fingerprint density at radius 2 is 1.72 bits per heavy atom. The standard InChI is InChI=1S/C14H17NO3/c16-14-15-13(9-18-14)12-3-1-10(2-4-12)11-5-7-17-8-6-11/h1-4,11,13H,5-9H2,(H,15,16). The molecule has 18 heavy (non-hydrogen) atoms. The van der Waals surface area contributed by atoms with Crippen molar-refractivity contribution in [2.24, 2.45) is 0 Å². The zero-order valence-corrected chi connectivity index (χ0v) is 10.2. The van der Waals surface area contributed by atoms with Crippen LogP contribution in [0, 0.1) is 0 Å². The number of hydrogen-bond acceptors (Lipinski definition) is 3. The molecule has 1 unspecified atom stereocenters. The molecule has 1 N–H and O–H groups in total. The number of benzene rings is 1. The van der Waals surface area contributed by atoms with Crippen LogP contribution in [0.4, 0.5) is 4.79 Å². The van der Waals surface area contributed by atoms with Crippen molar-refractivity contribution in [3.63, 3.8) is 0 Å². The second-order valence-corrected chi connectivity index (χ2v) is 4.85. The van der Waals surface area contributed by atoms with E-state index < -0.39 is 0 Å². The van der Waals surface area contributed by atoms with E-state index in [1.54, 1.807) is 0 Å². The first-order valence-corrected chi connectivity index (χ1v) is 6.44. The lowest BCUT2D eigenvalue weighted by molar-refractivity contribution is 0.0853. The van der Waals surface area contributed by atoms with E-state index in [1.807, 2.05) is 0 Å². The van der Waals surface area contributed by atoms with Gasteiger partial charge in [0, 0.05) is 13.2 Å². The minimum Gasteiger partial charge on any atom is -0.447 e. The van der Waals surface area contributed by atoms with Crippen LogP contribution in [0.3, 0.4) is 0 Å². The molecule has 4 nitrogen and oxygen atoms in total. The number of alkyl carbamates (subject to hydrolysis) is 1. The maximum Gasteiger partial charge on any atom is 0.407 e. The van der Waals surface area contributed by atoms with Crippen molar-refractivity contribution in [2.75, 3.05) is 19.8 Å². The number of carbonyl (C=O) groups excluding carboxylic acids is 1. The van der Waals surface area contributed by atoms with Crippen molar-refractivity contribution < 1.29 is 14.3 Å². The Kier molecular flexibility index (Phi) is 3.19. The van der Waals surface area contributed by atoms with Gasteiger partial charge in [-0.25, -0.2) is 4.79 Å². The highest BCUT2D eigenvalue weighted by Gasteiger charge is 2.24. The van der Waals surface area contributed by atoms with Gasteiger partial charge in [-0.05, 0) is 29.9 Å². The summed E-state index contributed by atoms with van der Waals surface area (Å²) < 4.78 is 10.3. The van der Waals surface area contributed by atoms with Gasteiger partial charge in [0.05, 0.1) is 6.04 Å². The number of cyclic esters (lactones) is 1.